The number of nitrogens with zero attached hydrogens (tertiary/aromatic N) is 4. The Kier molecular flexibility index (Phi) is 6.10. The normalized spacial score (nSPS) is 17.3. The lowest BCUT2D eigenvalue weighted by Crippen LogP contribution is -2.31. The van der Waals surface area contributed by atoms with E-state index in [1.54, 1.807) is 6.20 Å². The number of amides is 1. The molecule has 1 aliphatic carbocycles. The number of benzene rings is 2. The Morgan fingerprint density at radius 3 is 2.62 bits per heavy atom. The van der Waals surface area contributed by atoms with Gasteiger partial charge in [0.1, 0.15) is 18.2 Å². The summed E-state index contributed by atoms with van der Waals surface area (Å²) in [4.78, 5) is 24.2. The second-order valence-corrected chi connectivity index (χ2v) is 9.57. The van der Waals surface area contributed by atoms with Crippen LogP contribution in [0.2, 0.25) is 0 Å². The molecule has 0 radical (unpaired) electrons. The summed E-state index contributed by atoms with van der Waals surface area (Å²) in [6.45, 7) is 2.15. The topological polar surface area (TPSA) is 82.5 Å². The average Bonchev–Trinajstić information content (AvgIpc) is 3.69. The zero-order valence-corrected chi connectivity index (χ0v) is 20.6. The minimum absolute atomic E-state index is 0.128. The molecule has 7 nitrogen and oxygen atoms in total. The van der Waals surface area contributed by atoms with Crippen LogP contribution < -0.4 is 10.7 Å². The van der Waals surface area contributed by atoms with Crippen molar-refractivity contribution in [3.8, 4) is 11.1 Å². The van der Waals surface area contributed by atoms with Gasteiger partial charge in [-0.3, -0.25) is 20.2 Å². The first kappa shape index (κ1) is 22.9. The maximum atomic E-state index is 13.1. The predicted molar refractivity (Wildman–Crippen MR) is 145 cm³/mol. The Morgan fingerprint density at radius 2 is 1.84 bits per heavy atom. The molecule has 1 aliphatic heterocycles. The second kappa shape index (κ2) is 9.85. The molecule has 2 aromatic carbocycles. The highest BCUT2D eigenvalue weighted by atomic mass is 16.1. The second-order valence-electron chi connectivity index (χ2n) is 9.57. The number of anilines is 1. The fourth-order valence-electron chi connectivity index (χ4n) is 4.69. The van der Waals surface area contributed by atoms with Crippen LogP contribution in [0.4, 0.5) is 5.69 Å². The number of carbonyl (C=O) groups is 1. The Labute approximate surface area is 216 Å². The van der Waals surface area contributed by atoms with Gasteiger partial charge in [-0.25, -0.2) is 0 Å². The molecule has 0 spiro atoms. The van der Waals surface area contributed by atoms with Crippen molar-refractivity contribution in [3.63, 3.8) is 0 Å². The highest BCUT2D eigenvalue weighted by Crippen LogP contribution is 2.39. The van der Waals surface area contributed by atoms with Crippen molar-refractivity contribution in [2.45, 2.75) is 37.9 Å². The third-order valence-corrected chi connectivity index (χ3v) is 6.98. The molecule has 2 aromatic heterocycles. The summed E-state index contributed by atoms with van der Waals surface area (Å²) in [7, 11) is 0. The van der Waals surface area contributed by atoms with E-state index in [0.29, 0.717) is 17.3 Å². The van der Waals surface area contributed by atoms with E-state index in [2.05, 4.69) is 61.9 Å². The molecule has 2 aliphatic rings. The first-order chi connectivity index (χ1) is 18.2. The predicted octanol–water partition coefficient (Wildman–Crippen LogP) is 5.88. The highest BCUT2D eigenvalue weighted by Gasteiger charge is 2.27. The summed E-state index contributed by atoms with van der Waals surface area (Å²) in [6.07, 6.45) is 7.68. The maximum absolute atomic E-state index is 13.1. The molecule has 0 bridgehead atoms. The van der Waals surface area contributed by atoms with Crippen molar-refractivity contribution in [2.24, 2.45) is 5.10 Å². The van der Waals surface area contributed by atoms with E-state index in [1.165, 1.54) is 18.4 Å². The van der Waals surface area contributed by atoms with Crippen molar-refractivity contribution in [2.75, 3.05) is 5.32 Å². The molecule has 1 fully saturated rings. The Morgan fingerprint density at radius 1 is 0.973 bits per heavy atom. The van der Waals surface area contributed by atoms with Gasteiger partial charge in [0.15, 0.2) is 0 Å². The van der Waals surface area contributed by atoms with E-state index in [9.17, 15) is 4.79 Å². The summed E-state index contributed by atoms with van der Waals surface area (Å²) in [6, 6.07) is 26.1. The number of hydrogen-bond acceptors (Lipinski definition) is 6. The van der Waals surface area contributed by atoms with E-state index >= 15 is 0 Å². The fourth-order valence-corrected chi connectivity index (χ4v) is 4.69. The van der Waals surface area contributed by atoms with E-state index in [0.717, 1.165) is 22.4 Å². The molecule has 1 unspecified atom stereocenters. The Hall–Kier alpha value is -4.52. The molecule has 1 saturated carbocycles. The largest absolute Gasteiger partial charge is 0.329 e. The van der Waals surface area contributed by atoms with Gasteiger partial charge in [-0.1, -0.05) is 48.5 Å². The molecule has 7 heteroatoms. The van der Waals surface area contributed by atoms with Crippen molar-refractivity contribution in [1.29, 1.82) is 0 Å². The lowest BCUT2D eigenvalue weighted by Gasteiger charge is -2.30. The van der Waals surface area contributed by atoms with E-state index in [-0.39, 0.29) is 18.1 Å². The monoisotopic (exact) mass is 488 g/mol. The van der Waals surface area contributed by atoms with Crippen molar-refractivity contribution in [3.05, 3.63) is 114 Å². The number of rotatable bonds is 7. The molecular weight excluding hydrogens is 460 g/mol. The summed E-state index contributed by atoms with van der Waals surface area (Å²) in [5.74, 6) is 0.356. The van der Waals surface area contributed by atoms with Gasteiger partial charge in [0, 0.05) is 35.3 Å². The van der Waals surface area contributed by atoms with Crippen LogP contribution in [-0.2, 0) is 0 Å². The van der Waals surface area contributed by atoms with Crippen LogP contribution in [0.5, 0.6) is 0 Å². The minimum atomic E-state index is -0.258. The Bertz CT molecular complexity index is 1430. The Balaban J connectivity index is 1.17. The van der Waals surface area contributed by atoms with Crippen LogP contribution in [0.1, 0.15) is 65.2 Å². The van der Waals surface area contributed by atoms with Gasteiger partial charge in [-0.2, -0.15) is 5.10 Å². The lowest BCUT2D eigenvalue weighted by molar-refractivity contribution is 0.102. The van der Waals surface area contributed by atoms with Crippen LogP contribution in [0.15, 0.2) is 96.4 Å². The van der Waals surface area contributed by atoms with Gasteiger partial charge in [0.25, 0.3) is 5.91 Å². The van der Waals surface area contributed by atoms with Crippen molar-refractivity contribution < 1.29 is 4.79 Å². The van der Waals surface area contributed by atoms with Crippen molar-refractivity contribution >= 4 is 17.9 Å². The van der Waals surface area contributed by atoms with Gasteiger partial charge in [0.05, 0.1) is 6.04 Å². The average molecular weight is 489 g/mol. The first-order valence-corrected chi connectivity index (χ1v) is 12.6. The van der Waals surface area contributed by atoms with Gasteiger partial charge >= 0.3 is 0 Å². The number of carbonyl (C=O) groups excluding carboxylic acids is 1. The maximum Gasteiger partial charge on any atom is 0.274 e. The summed E-state index contributed by atoms with van der Waals surface area (Å²) in [5, 5.41) is 7.32. The number of hydrazone groups is 1. The lowest BCUT2D eigenvalue weighted by atomic mass is 10.0. The summed E-state index contributed by atoms with van der Waals surface area (Å²) >= 11 is 0. The van der Waals surface area contributed by atoms with Crippen LogP contribution in [-0.4, -0.2) is 27.1 Å². The zero-order valence-electron chi connectivity index (χ0n) is 20.6. The molecule has 37 heavy (non-hydrogen) atoms. The number of pyridine rings is 2. The standard InChI is InChI=1S/C30H28N6O/c1-20(21-6-3-2-4-7-21)36-19-33-35-29(36)24-8-5-9-26(16-24)34-30(37)28-17-23(14-15-31-28)25-12-13-27(32-18-25)22-10-11-22/h2-9,12-20,22,29,35H,10-11H2,1H3,(H,34,37)/t20-,29?/m0/s1. The number of nitrogens with one attached hydrogen (secondary N) is 2. The smallest absolute Gasteiger partial charge is 0.274 e. The van der Waals surface area contributed by atoms with Crippen LogP contribution in [0.25, 0.3) is 11.1 Å². The van der Waals surface area contributed by atoms with Gasteiger partial charge in [-0.15, -0.1) is 0 Å². The van der Waals surface area contributed by atoms with E-state index < -0.39 is 0 Å². The zero-order chi connectivity index (χ0) is 25.2. The van der Waals surface area contributed by atoms with E-state index in [4.69, 9.17) is 0 Å². The molecular formula is C30H28N6O. The molecule has 6 rings (SSSR count). The third kappa shape index (κ3) is 4.93. The molecule has 1 amide bonds. The quantitative estimate of drug-likeness (QED) is 0.339. The van der Waals surface area contributed by atoms with Crippen LogP contribution in [0, 0.1) is 0 Å². The molecule has 4 aromatic rings. The molecule has 184 valence electrons. The van der Waals surface area contributed by atoms with E-state index in [1.807, 2.05) is 67.1 Å². The minimum Gasteiger partial charge on any atom is -0.329 e. The molecule has 0 saturated heterocycles. The van der Waals surface area contributed by atoms with Gasteiger partial charge < -0.3 is 10.2 Å². The summed E-state index contributed by atoms with van der Waals surface area (Å²) < 4.78 is 0. The third-order valence-electron chi connectivity index (χ3n) is 6.98. The molecule has 2 N–H and O–H groups in total. The van der Waals surface area contributed by atoms with Crippen molar-refractivity contribution in [1.82, 2.24) is 20.3 Å². The molecule has 2 atom stereocenters. The first-order valence-electron chi connectivity index (χ1n) is 12.6. The number of aromatic nitrogens is 2. The SMILES string of the molecule is C[C@@H](c1ccccc1)N1C=NNC1c1cccc(NC(=O)c2cc(-c3ccc(C4CC4)nc3)ccn2)c1. The van der Waals surface area contributed by atoms with Gasteiger partial charge in [0.2, 0.25) is 0 Å². The number of hydrogen-bond donors (Lipinski definition) is 2. The van der Waals surface area contributed by atoms with Crippen LogP contribution >= 0.6 is 0 Å². The van der Waals surface area contributed by atoms with Crippen LogP contribution in [0.3, 0.4) is 0 Å². The fraction of sp³-hybridized carbons (Fsp3) is 0.200. The summed E-state index contributed by atoms with van der Waals surface area (Å²) in [5.41, 5.74) is 9.49. The highest BCUT2D eigenvalue weighted by molar-refractivity contribution is 6.03. The molecule has 3 heterocycles. The van der Waals surface area contributed by atoms with Gasteiger partial charge in [-0.05, 0) is 66.8 Å².